The molecule has 3 rings (SSSR count). The van der Waals surface area contributed by atoms with Crippen LogP contribution in [0.25, 0.3) is 0 Å². The summed E-state index contributed by atoms with van der Waals surface area (Å²) in [6.07, 6.45) is 0.716. The zero-order valence-electron chi connectivity index (χ0n) is 17.0. The minimum absolute atomic E-state index is 0.0123. The van der Waals surface area contributed by atoms with Crippen LogP contribution in [-0.4, -0.2) is 47.4 Å². The number of benzene rings is 2. The van der Waals surface area contributed by atoms with Crippen molar-refractivity contribution in [2.75, 3.05) is 33.0 Å². The van der Waals surface area contributed by atoms with Crippen LogP contribution >= 0.6 is 0 Å². The van der Waals surface area contributed by atoms with Gasteiger partial charge in [-0.25, -0.2) is 8.42 Å². The Kier molecular flexibility index (Phi) is 7.17. The summed E-state index contributed by atoms with van der Waals surface area (Å²) >= 11 is 0. The van der Waals surface area contributed by atoms with Gasteiger partial charge in [-0.1, -0.05) is 18.2 Å². The van der Waals surface area contributed by atoms with Crippen LogP contribution in [0.15, 0.2) is 41.3 Å². The summed E-state index contributed by atoms with van der Waals surface area (Å²) < 4.78 is 48.8. The van der Waals surface area contributed by atoms with Crippen LogP contribution in [0.1, 0.15) is 17.5 Å². The van der Waals surface area contributed by atoms with E-state index in [4.69, 9.17) is 18.9 Å². The molecule has 1 aliphatic rings. The first-order valence-electron chi connectivity index (χ1n) is 9.61. The molecule has 162 valence electrons. The smallest absolute Gasteiger partial charge is 0.321 e. The molecule has 0 aliphatic carbocycles. The van der Waals surface area contributed by atoms with Crippen LogP contribution in [0.2, 0.25) is 0 Å². The Balaban J connectivity index is 1.47. The Morgan fingerprint density at radius 3 is 2.47 bits per heavy atom. The molecule has 9 heteroatoms. The number of aryl methyl sites for hydroxylation is 2. The molecule has 2 aromatic rings. The van der Waals surface area contributed by atoms with Crippen molar-refractivity contribution in [1.29, 1.82) is 0 Å². The lowest BCUT2D eigenvalue weighted by molar-refractivity contribution is -0.142. The number of ether oxygens (including phenoxy) is 4. The van der Waals surface area contributed by atoms with Crippen molar-refractivity contribution in [2.45, 2.75) is 25.2 Å². The van der Waals surface area contributed by atoms with Gasteiger partial charge >= 0.3 is 5.97 Å². The molecule has 0 saturated carbocycles. The lowest BCUT2D eigenvalue weighted by Crippen LogP contribution is -2.31. The van der Waals surface area contributed by atoms with Crippen molar-refractivity contribution >= 4 is 16.0 Å². The molecule has 0 spiro atoms. The van der Waals surface area contributed by atoms with Crippen LogP contribution in [-0.2, 0) is 19.6 Å². The molecule has 1 aliphatic heterocycles. The van der Waals surface area contributed by atoms with Gasteiger partial charge in [0.1, 0.15) is 25.5 Å². The molecular formula is C21H25NO7S. The molecule has 2 aromatic carbocycles. The van der Waals surface area contributed by atoms with Gasteiger partial charge in [0.2, 0.25) is 10.0 Å². The van der Waals surface area contributed by atoms with Gasteiger partial charge in [0.15, 0.2) is 11.5 Å². The number of sulfonamides is 1. The Bertz CT molecular complexity index is 984. The zero-order valence-corrected chi connectivity index (χ0v) is 17.8. The molecule has 1 N–H and O–H groups in total. The molecule has 0 saturated heterocycles. The average molecular weight is 435 g/mol. The zero-order chi connectivity index (χ0) is 21.6. The summed E-state index contributed by atoms with van der Waals surface area (Å²) in [4.78, 5) is 11.9. The van der Waals surface area contributed by atoms with Crippen molar-refractivity contribution in [3.05, 3.63) is 47.5 Å². The van der Waals surface area contributed by atoms with Gasteiger partial charge in [-0.2, -0.15) is 4.72 Å². The Labute approximate surface area is 176 Å². The van der Waals surface area contributed by atoms with Crippen LogP contribution in [0.3, 0.4) is 0 Å². The Hall–Kier alpha value is -2.78. The number of fused-ring (bicyclic) bond motifs is 1. The van der Waals surface area contributed by atoms with Gasteiger partial charge < -0.3 is 18.9 Å². The summed E-state index contributed by atoms with van der Waals surface area (Å²) in [6.45, 7) is 4.52. The van der Waals surface area contributed by atoms with Gasteiger partial charge in [0.25, 0.3) is 0 Å². The number of esters is 1. The molecule has 0 radical (unpaired) electrons. The predicted molar refractivity (Wildman–Crippen MR) is 110 cm³/mol. The van der Waals surface area contributed by atoms with E-state index < -0.39 is 22.5 Å². The van der Waals surface area contributed by atoms with Crippen LogP contribution < -0.4 is 18.9 Å². The summed E-state index contributed by atoms with van der Waals surface area (Å²) in [5, 5.41) is 0. The number of hydrogen-bond donors (Lipinski definition) is 1. The van der Waals surface area contributed by atoms with Crippen LogP contribution in [0.5, 0.6) is 17.2 Å². The van der Waals surface area contributed by atoms with Gasteiger partial charge in [0, 0.05) is 12.5 Å². The first kappa shape index (κ1) is 21.9. The van der Waals surface area contributed by atoms with E-state index in [0.717, 1.165) is 16.9 Å². The molecule has 30 heavy (non-hydrogen) atoms. The van der Waals surface area contributed by atoms with Gasteiger partial charge in [-0.15, -0.1) is 0 Å². The maximum absolute atomic E-state index is 12.5. The molecule has 0 amide bonds. The van der Waals surface area contributed by atoms with Crippen molar-refractivity contribution in [3.63, 3.8) is 0 Å². The van der Waals surface area contributed by atoms with E-state index in [1.54, 1.807) is 6.07 Å². The predicted octanol–water partition coefficient (Wildman–Crippen LogP) is 2.37. The van der Waals surface area contributed by atoms with E-state index in [2.05, 4.69) is 4.72 Å². The summed E-state index contributed by atoms with van der Waals surface area (Å²) in [5.74, 6) is 0.915. The van der Waals surface area contributed by atoms with Crippen LogP contribution in [0.4, 0.5) is 0 Å². The summed E-state index contributed by atoms with van der Waals surface area (Å²) in [6, 6.07) is 10.1. The minimum atomic E-state index is -3.90. The van der Waals surface area contributed by atoms with Gasteiger partial charge in [0.05, 0.1) is 18.1 Å². The van der Waals surface area contributed by atoms with Crippen molar-refractivity contribution < 1.29 is 32.2 Å². The highest BCUT2D eigenvalue weighted by Gasteiger charge is 2.20. The third kappa shape index (κ3) is 5.64. The van der Waals surface area contributed by atoms with E-state index >= 15 is 0 Å². The molecule has 0 aromatic heterocycles. The third-order valence-electron chi connectivity index (χ3n) is 4.44. The Morgan fingerprint density at radius 2 is 1.73 bits per heavy atom. The lowest BCUT2D eigenvalue weighted by atomic mass is 10.1. The topological polar surface area (TPSA) is 100 Å². The molecule has 0 bridgehead atoms. The van der Waals surface area contributed by atoms with Gasteiger partial charge in [-0.05, 0) is 37.1 Å². The van der Waals surface area contributed by atoms with E-state index in [1.807, 2.05) is 32.0 Å². The largest absolute Gasteiger partial charge is 0.490 e. The van der Waals surface area contributed by atoms with Crippen molar-refractivity contribution in [2.24, 2.45) is 0 Å². The minimum Gasteiger partial charge on any atom is -0.490 e. The third-order valence-corrected chi connectivity index (χ3v) is 5.84. The number of nitrogens with one attached hydrogen (secondary N) is 1. The lowest BCUT2D eigenvalue weighted by Gasteiger charge is -2.12. The standard InChI is InChI=1S/C21H25NO7S/c1-15-5-3-6-16(2)21(15)29-12-11-28-20(23)14-22-30(24,25)17-7-8-18-19(13-17)27-10-4-9-26-18/h3,5-8,13,22H,4,9-12,14H2,1-2H3. The summed E-state index contributed by atoms with van der Waals surface area (Å²) in [5.41, 5.74) is 1.98. The quantitative estimate of drug-likeness (QED) is 0.502. The first-order valence-corrected chi connectivity index (χ1v) is 11.1. The normalized spacial score (nSPS) is 13.4. The number of para-hydroxylation sites is 1. The van der Waals surface area contributed by atoms with Gasteiger partial charge in [-0.3, -0.25) is 4.79 Å². The van der Waals surface area contributed by atoms with E-state index in [1.165, 1.54) is 12.1 Å². The maximum Gasteiger partial charge on any atom is 0.321 e. The molecule has 0 fully saturated rings. The second kappa shape index (κ2) is 9.82. The number of hydrogen-bond acceptors (Lipinski definition) is 7. The van der Waals surface area contributed by atoms with Crippen LogP contribution in [0, 0.1) is 13.8 Å². The second-order valence-electron chi connectivity index (χ2n) is 6.77. The average Bonchev–Trinajstić information content (AvgIpc) is 2.96. The molecule has 0 atom stereocenters. The first-order chi connectivity index (χ1) is 14.4. The van der Waals surface area contributed by atoms with E-state index in [-0.39, 0.29) is 18.1 Å². The fourth-order valence-corrected chi connectivity index (χ4v) is 3.91. The molecule has 0 unspecified atom stereocenters. The van der Waals surface area contributed by atoms with Crippen molar-refractivity contribution in [1.82, 2.24) is 4.72 Å². The second-order valence-corrected chi connectivity index (χ2v) is 8.54. The monoisotopic (exact) mass is 435 g/mol. The highest BCUT2D eigenvalue weighted by atomic mass is 32.2. The highest BCUT2D eigenvalue weighted by Crippen LogP contribution is 2.31. The summed E-state index contributed by atoms with van der Waals surface area (Å²) in [7, 11) is -3.90. The van der Waals surface area contributed by atoms with E-state index in [9.17, 15) is 13.2 Å². The number of carbonyl (C=O) groups is 1. The Morgan fingerprint density at radius 1 is 1.03 bits per heavy atom. The molecular weight excluding hydrogens is 410 g/mol. The maximum atomic E-state index is 12.5. The fraction of sp³-hybridized carbons (Fsp3) is 0.381. The van der Waals surface area contributed by atoms with Crippen molar-refractivity contribution in [3.8, 4) is 17.2 Å². The fourth-order valence-electron chi connectivity index (χ4n) is 2.93. The number of carbonyl (C=O) groups excluding carboxylic acids is 1. The number of rotatable bonds is 8. The van der Waals surface area contributed by atoms with E-state index in [0.29, 0.717) is 31.1 Å². The molecule has 8 nitrogen and oxygen atoms in total. The SMILES string of the molecule is Cc1cccc(C)c1OCCOC(=O)CNS(=O)(=O)c1ccc2c(c1)OCCCO2. The highest BCUT2D eigenvalue weighted by molar-refractivity contribution is 7.89. The molecule has 1 heterocycles.